The van der Waals surface area contributed by atoms with Crippen LogP contribution in [0.15, 0.2) is 16.5 Å². The molecule has 2 amide bonds. The van der Waals surface area contributed by atoms with Crippen LogP contribution in [0.25, 0.3) is 0 Å². The van der Waals surface area contributed by atoms with Gasteiger partial charge >= 0.3 is 12.0 Å². The lowest BCUT2D eigenvalue weighted by atomic mass is 9.82. The average molecular weight is 294 g/mol. The van der Waals surface area contributed by atoms with Gasteiger partial charge in [-0.3, -0.25) is 0 Å². The summed E-state index contributed by atoms with van der Waals surface area (Å²) in [6.07, 6.45) is 3.60. The Morgan fingerprint density at radius 3 is 2.48 bits per heavy atom. The molecule has 1 aliphatic rings. The fourth-order valence-electron chi connectivity index (χ4n) is 2.75. The third-order valence-corrected chi connectivity index (χ3v) is 4.00. The first-order valence-electron chi connectivity index (χ1n) is 7.31. The molecule has 3 N–H and O–H groups in total. The van der Waals surface area contributed by atoms with E-state index in [9.17, 15) is 14.7 Å². The normalized spacial score (nSPS) is 18.8. The van der Waals surface area contributed by atoms with E-state index in [1.54, 1.807) is 13.0 Å². The maximum absolute atomic E-state index is 12.1. The van der Waals surface area contributed by atoms with Crippen LogP contribution in [0.5, 0.6) is 0 Å². The van der Waals surface area contributed by atoms with Crippen molar-refractivity contribution < 1.29 is 19.1 Å². The Balaban J connectivity index is 1.98. The summed E-state index contributed by atoms with van der Waals surface area (Å²) in [7, 11) is 0. The number of aliphatic carboxylic acids is 1. The highest BCUT2D eigenvalue weighted by Gasteiger charge is 2.41. The van der Waals surface area contributed by atoms with E-state index in [-0.39, 0.29) is 6.04 Å². The number of furan rings is 1. The summed E-state index contributed by atoms with van der Waals surface area (Å²) < 4.78 is 5.45. The predicted octanol–water partition coefficient (Wildman–Crippen LogP) is 2.74. The molecule has 1 aliphatic carbocycles. The van der Waals surface area contributed by atoms with Crippen molar-refractivity contribution in [1.82, 2.24) is 10.6 Å². The minimum absolute atomic E-state index is 0.312. The van der Waals surface area contributed by atoms with E-state index in [4.69, 9.17) is 4.42 Å². The minimum atomic E-state index is -1.14. The lowest BCUT2D eigenvalue weighted by Gasteiger charge is -2.34. The monoisotopic (exact) mass is 294 g/mol. The molecule has 1 aromatic rings. The van der Waals surface area contributed by atoms with Crippen LogP contribution < -0.4 is 10.6 Å². The highest BCUT2D eigenvalue weighted by molar-refractivity contribution is 5.86. The summed E-state index contributed by atoms with van der Waals surface area (Å²) in [5.74, 6) is 0.461. The highest BCUT2D eigenvalue weighted by Crippen LogP contribution is 2.28. The zero-order valence-electron chi connectivity index (χ0n) is 12.4. The van der Waals surface area contributed by atoms with E-state index in [0.717, 1.165) is 25.0 Å². The van der Waals surface area contributed by atoms with Gasteiger partial charge in [0, 0.05) is 0 Å². The maximum atomic E-state index is 12.1. The fourth-order valence-corrected chi connectivity index (χ4v) is 2.75. The Morgan fingerprint density at radius 2 is 1.95 bits per heavy atom. The van der Waals surface area contributed by atoms with Crippen molar-refractivity contribution in [3.05, 3.63) is 23.7 Å². The van der Waals surface area contributed by atoms with E-state index < -0.39 is 17.5 Å². The molecule has 0 bridgehead atoms. The first-order valence-corrected chi connectivity index (χ1v) is 7.31. The second-order valence-electron chi connectivity index (χ2n) is 5.72. The molecule has 0 spiro atoms. The number of amides is 2. The molecule has 6 heteroatoms. The molecule has 1 unspecified atom stereocenters. The van der Waals surface area contributed by atoms with Crippen molar-refractivity contribution in [2.75, 3.05) is 0 Å². The molecule has 6 nitrogen and oxygen atoms in total. The second kappa shape index (κ2) is 6.20. The molecular weight excluding hydrogens is 272 g/mol. The minimum Gasteiger partial charge on any atom is -0.480 e. The Morgan fingerprint density at radius 1 is 1.29 bits per heavy atom. The number of hydrogen-bond acceptors (Lipinski definition) is 3. The van der Waals surface area contributed by atoms with Gasteiger partial charge in [0.15, 0.2) is 0 Å². The average Bonchev–Trinajstić information content (AvgIpc) is 2.86. The number of hydrogen-bond donors (Lipinski definition) is 3. The van der Waals surface area contributed by atoms with Crippen LogP contribution in [0.3, 0.4) is 0 Å². The second-order valence-corrected chi connectivity index (χ2v) is 5.72. The van der Waals surface area contributed by atoms with Gasteiger partial charge in [-0.05, 0) is 38.8 Å². The molecule has 1 fully saturated rings. The van der Waals surface area contributed by atoms with Gasteiger partial charge < -0.3 is 20.2 Å². The molecular formula is C15H22N2O4. The quantitative estimate of drug-likeness (QED) is 0.796. The van der Waals surface area contributed by atoms with Crippen molar-refractivity contribution in [2.45, 2.75) is 57.5 Å². The van der Waals surface area contributed by atoms with Crippen LogP contribution in [0.2, 0.25) is 0 Å². The zero-order valence-corrected chi connectivity index (χ0v) is 12.4. The van der Waals surface area contributed by atoms with E-state index >= 15 is 0 Å². The summed E-state index contributed by atoms with van der Waals surface area (Å²) >= 11 is 0. The van der Waals surface area contributed by atoms with Crippen molar-refractivity contribution >= 4 is 12.0 Å². The summed E-state index contributed by atoms with van der Waals surface area (Å²) in [4.78, 5) is 23.6. The van der Waals surface area contributed by atoms with E-state index in [0.29, 0.717) is 18.6 Å². The number of carbonyl (C=O) groups excluding carboxylic acids is 1. The van der Waals surface area contributed by atoms with Gasteiger partial charge in [-0.1, -0.05) is 19.3 Å². The molecule has 1 saturated carbocycles. The van der Waals surface area contributed by atoms with Gasteiger partial charge in [-0.2, -0.15) is 0 Å². The lowest BCUT2D eigenvalue weighted by molar-refractivity contribution is -0.145. The molecule has 21 heavy (non-hydrogen) atoms. The Bertz CT molecular complexity index is 517. The first-order chi connectivity index (χ1) is 9.93. The first kappa shape index (κ1) is 15.4. The summed E-state index contributed by atoms with van der Waals surface area (Å²) in [6.45, 7) is 3.63. The standard InChI is InChI=1S/C15H22N2O4/c1-10-6-7-12(21-10)11(2)16-14(20)17-15(13(18)19)8-4-3-5-9-15/h6-7,11H,3-5,8-9H2,1-2H3,(H,18,19)(H2,16,17,20). The van der Waals surface area contributed by atoms with Crippen LogP contribution >= 0.6 is 0 Å². The highest BCUT2D eigenvalue weighted by atomic mass is 16.4. The van der Waals surface area contributed by atoms with Gasteiger partial charge in [0.2, 0.25) is 0 Å². The summed E-state index contributed by atoms with van der Waals surface area (Å²) in [5, 5.41) is 14.8. The number of carboxylic acids is 1. The summed E-state index contributed by atoms with van der Waals surface area (Å²) in [5.41, 5.74) is -1.14. The number of carbonyl (C=O) groups is 2. The van der Waals surface area contributed by atoms with Crippen LogP contribution in [-0.2, 0) is 4.79 Å². The maximum Gasteiger partial charge on any atom is 0.329 e. The number of carboxylic acid groups (broad SMARTS) is 1. The number of urea groups is 1. The smallest absolute Gasteiger partial charge is 0.329 e. The Kier molecular flexibility index (Phi) is 4.55. The topological polar surface area (TPSA) is 91.6 Å². The Labute approximate surface area is 123 Å². The lowest BCUT2D eigenvalue weighted by Crippen LogP contribution is -2.58. The molecule has 0 aliphatic heterocycles. The van der Waals surface area contributed by atoms with Gasteiger partial charge in [0.05, 0.1) is 6.04 Å². The van der Waals surface area contributed by atoms with E-state index in [2.05, 4.69) is 10.6 Å². The molecule has 1 atom stereocenters. The van der Waals surface area contributed by atoms with E-state index in [1.165, 1.54) is 0 Å². The molecule has 1 aromatic heterocycles. The molecule has 0 aromatic carbocycles. The van der Waals surface area contributed by atoms with Crippen LogP contribution in [0, 0.1) is 6.92 Å². The molecule has 2 rings (SSSR count). The fraction of sp³-hybridized carbons (Fsp3) is 0.600. The number of aryl methyl sites for hydroxylation is 1. The SMILES string of the molecule is Cc1ccc(C(C)NC(=O)NC2(C(=O)O)CCCCC2)o1. The molecule has 0 radical (unpaired) electrons. The van der Waals surface area contributed by atoms with Gasteiger partial charge in [-0.25, -0.2) is 9.59 Å². The predicted molar refractivity (Wildman–Crippen MR) is 77.0 cm³/mol. The molecule has 116 valence electrons. The third kappa shape index (κ3) is 3.56. The van der Waals surface area contributed by atoms with Crippen LogP contribution in [0.4, 0.5) is 4.79 Å². The van der Waals surface area contributed by atoms with Crippen LogP contribution in [0.1, 0.15) is 56.6 Å². The van der Waals surface area contributed by atoms with Crippen molar-refractivity contribution in [3.8, 4) is 0 Å². The van der Waals surface area contributed by atoms with E-state index in [1.807, 2.05) is 13.0 Å². The van der Waals surface area contributed by atoms with Crippen molar-refractivity contribution in [1.29, 1.82) is 0 Å². The summed E-state index contributed by atoms with van der Waals surface area (Å²) in [6, 6.07) is 2.84. The largest absolute Gasteiger partial charge is 0.480 e. The van der Waals surface area contributed by atoms with Crippen LogP contribution in [-0.4, -0.2) is 22.6 Å². The van der Waals surface area contributed by atoms with Gasteiger partial charge in [0.25, 0.3) is 0 Å². The Hall–Kier alpha value is -1.98. The molecule has 1 heterocycles. The molecule has 0 saturated heterocycles. The van der Waals surface area contributed by atoms with Gasteiger partial charge in [0.1, 0.15) is 17.1 Å². The zero-order chi connectivity index (χ0) is 15.5. The van der Waals surface area contributed by atoms with Gasteiger partial charge in [-0.15, -0.1) is 0 Å². The number of nitrogens with one attached hydrogen (secondary N) is 2. The third-order valence-electron chi connectivity index (χ3n) is 4.00. The van der Waals surface area contributed by atoms with Crippen molar-refractivity contribution in [2.24, 2.45) is 0 Å². The number of rotatable bonds is 4. The van der Waals surface area contributed by atoms with Crippen molar-refractivity contribution in [3.63, 3.8) is 0 Å².